The van der Waals surface area contributed by atoms with E-state index in [1.54, 1.807) is 7.11 Å². The molecule has 0 N–H and O–H groups in total. The lowest BCUT2D eigenvalue weighted by atomic mass is 10.0. The van der Waals surface area contributed by atoms with Gasteiger partial charge in [-0.3, -0.25) is 9.59 Å². The van der Waals surface area contributed by atoms with Crippen molar-refractivity contribution < 1.29 is 19.1 Å². The molecule has 0 fully saturated rings. The summed E-state index contributed by atoms with van der Waals surface area (Å²) in [6, 6.07) is 5.60. The fraction of sp³-hybridized carbons (Fsp3) is 0.429. The van der Waals surface area contributed by atoms with Crippen molar-refractivity contribution in [1.29, 1.82) is 0 Å². The summed E-state index contributed by atoms with van der Waals surface area (Å²) < 4.78 is 9.60. The van der Waals surface area contributed by atoms with Gasteiger partial charge in [-0.2, -0.15) is 0 Å². The Hall–Kier alpha value is -1.84. The van der Waals surface area contributed by atoms with Crippen LogP contribution in [0.15, 0.2) is 18.2 Å². The highest BCUT2D eigenvalue weighted by molar-refractivity contribution is 5.84. The Morgan fingerprint density at radius 3 is 2.44 bits per heavy atom. The van der Waals surface area contributed by atoms with Crippen LogP contribution in [0, 0.1) is 6.92 Å². The zero-order valence-corrected chi connectivity index (χ0v) is 11.0. The van der Waals surface area contributed by atoms with Gasteiger partial charge in [-0.05, 0) is 30.2 Å². The molecule has 0 bridgehead atoms. The van der Waals surface area contributed by atoms with Crippen LogP contribution in [0.2, 0.25) is 0 Å². The molecule has 4 nitrogen and oxygen atoms in total. The second-order valence-corrected chi connectivity index (χ2v) is 4.08. The number of Topliss-reactive ketones (excluding diaryl/α,β-unsaturated/α-hetero) is 1. The van der Waals surface area contributed by atoms with E-state index in [9.17, 15) is 9.59 Å². The first-order valence-corrected chi connectivity index (χ1v) is 5.79. The minimum atomic E-state index is -0.352. The highest BCUT2D eigenvalue weighted by Gasteiger charge is 2.09. The van der Waals surface area contributed by atoms with E-state index in [4.69, 9.17) is 4.74 Å². The smallest absolute Gasteiger partial charge is 0.305 e. The molecule has 98 valence electrons. The largest absolute Gasteiger partial charge is 0.497 e. The Bertz CT molecular complexity index is 437. The molecule has 1 rings (SSSR count). The lowest BCUT2D eigenvalue weighted by molar-refractivity contribution is -0.141. The van der Waals surface area contributed by atoms with Gasteiger partial charge in [0.25, 0.3) is 0 Å². The molecule has 1 aromatic rings. The predicted molar refractivity (Wildman–Crippen MR) is 67.7 cm³/mol. The van der Waals surface area contributed by atoms with Crippen LogP contribution in [0.3, 0.4) is 0 Å². The Morgan fingerprint density at radius 2 is 1.89 bits per heavy atom. The summed E-state index contributed by atoms with van der Waals surface area (Å²) in [5.41, 5.74) is 1.98. The van der Waals surface area contributed by atoms with Gasteiger partial charge >= 0.3 is 5.97 Å². The molecule has 0 saturated heterocycles. The third-order valence-electron chi connectivity index (χ3n) is 2.77. The van der Waals surface area contributed by atoms with Gasteiger partial charge in [0.2, 0.25) is 0 Å². The van der Waals surface area contributed by atoms with Crippen molar-refractivity contribution in [3.8, 4) is 5.75 Å². The number of ketones is 1. The van der Waals surface area contributed by atoms with E-state index in [1.807, 2.05) is 25.1 Å². The van der Waals surface area contributed by atoms with E-state index < -0.39 is 0 Å². The van der Waals surface area contributed by atoms with Crippen LogP contribution in [0.25, 0.3) is 0 Å². The fourth-order valence-electron chi connectivity index (χ4n) is 1.64. The zero-order chi connectivity index (χ0) is 13.5. The maximum absolute atomic E-state index is 11.7. The van der Waals surface area contributed by atoms with Crippen LogP contribution < -0.4 is 4.74 Å². The van der Waals surface area contributed by atoms with Gasteiger partial charge < -0.3 is 9.47 Å². The summed E-state index contributed by atoms with van der Waals surface area (Å²) >= 11 is 0. The number of methoxy groups -OCH3 is 2. The van der Waals surface area contributed by atoms with Crippen molar-refractivity contribution in [3.05, 3.63) is 29.3 Å². The molecule has 1 aromatic carbocycles. The van der Waals surface area contributed by atoms with Crippen LogP contribution in [0.5, 0.6) is 5.75 Å². The van der Waals surface area contributed by atoms with Gasteiger partial charge in [0.15, 0.2) is 0 Å². The SMILES string of the molecule is COC(=O)CCC(=O)Cc1ccc(OC)cc1C. The lowest BCUT2D eigenvalue weighted by Gasteiger charge is -2.07. The maximum atomic E-state index is 11.7. The second kappa shape index (κ2) is 6.79. The minimum absolute atomic E-state index is 0.0358. The molecule has 0 saturated carbocycles. The number of hydrogen-bond donors (Lipinski definition) is 0. The number of carbonyl (C=O) groups excluding carboxylic acids is 2. The standard InChI is InChI=1S/C14H18O4/c1-10-8-13(17-2)6-4-11(10)9-12(15)5-7-14(16)18-3/h4,6,8H,5,7,9H2,1-3H3. The Kier molecular flexibility index (Phi) is 5.36. The lowest BCUT2D eigenvalue weighted by Crippen LogP contribution is -2.08. The van der Waals surface area contributed by atoms with Crippen molar-refractivity contribution in [1.82, 2.24) is 0 Å². The summed E-state index contributed by atoms with van der Waals surface area (Å²) in [6.45, 7) is 1.94. The van der Waals surface area contributed by atoms with E-state index in [2.05, 4.69) is 4.74 Å². The van der Waals surface area contributed by atoms with Crippen molar-refractivity contribution in [2.75, 3.05) is 14.2 Å². The van der Waals surface area contributed by atoms with Crippen LogP contribution in [-0.4, -0.2) is 26.0 Å². The number of carbonyl (C=O) groups is 2. The number of ether oxygens (including phenoxy) is 2. The van der Waals surface area contributed by atoms with Gasteiger partial charge in [-0.1, -0.05) is 6.07 Å². The monoisotopic (exact) mass is 250 g/mol. The van der Waals surface area contributed by atoms with E-state index in [1.165, 1.54) is 7.11 Å². The summed E-state index contributed by atoms with van der Waals surface area (Å²) in [7, 11) is 2.93. The third-order valence-corrected chi connectivity index (χ3v) is 2.77. The van der Waals surface area contributed by atoms with Crippen molar-refractivity contribution >= 4 is 11.8 Å². The molecule has 0 heterocycles. The first kappa shape index (κ1) is 14.2. The Morgan fingerprint density at radius 1 is 1.17 bits per heavy atom. The van der Waals surface area contributed by atoms with Crippen molar-refractivity contribution in [2.24, 2.45) is 0 Å². The number of hydrogen-bond acceptors (Lipinski definition) is 4. The van der Waals surface area contributed by atoms with Crippen LogP contribution in [0.1, 0.15) is 24.0 Å². The van der Waals surface area contributed by atoms with Gasteiger partial charge in [0.1, 0.15) is 11.5 Å². The van der Waals surface area contributed by atoms with E-state index in [-0.39, 0.29) is 24.6 Å². The van der Waals surface area contributed by atoms with Gasteiger partial charge in [0, 0.05) is 12.8 Å². The van der Waals surface area contributed by atoms with Gasteiger partial charge in [0.05, 0.1) is 20.6 Å². The Balaban J connectivity index is 2.56. The van der Waals surface area contributed by atoms with E-state index in [0.717, 1.165) is 16.9 Å². The average molecular weight is 250 g/mol. The molecular weight excluding hydrogens is 232 g/mol. The first-order valence-electron chi connectivity index (χ1n) is 5.79. The fourth-order valence-corrected chi connectivity index (χ4v) is 1.64. The molecule has 0 spiro atoms. The number of rotatable bonds is 6. The van der Waals surface area contributed by atoms with Gasteiger partial charge in [-0.15, -0.1) is 0 Å². The highest BCUT2D eigenvalue weighted by atomic mass is 16.5. The second-order valence-electron chi connectivity index (χ2n) is 4.08. The molecule has 0 atom stereocenters. The summed E-state index contributed by atoms with van der Waals surface area (Å²) in [6.07, 6.45) is 0.704. The van der Waals surface area contributed by atoms with Crippen molar-refractivity contribution in [2.45, 2.75) is 26.2 Å². The molecule has 0 radical (unpaired) electrons. The number of aryl methyl sites for hydroxylation is 1. The molecule has 0 aliphatic heterocycles. The Labute approximate surface area is 107 Å². The molecular formula is C14H18O4. The molecule has 0 aliphatic rings. The van der Waals surface area contributed by atoms with E-state index >= 15 is 0 Å². The van der Waals surface area contributed by atoms with Crippen LogP contribution >= 0.6 is 0 Å². The van der Waals surface area contributed by atoms with Crippen molar-refractivity contribution in [3.63, 3.8) is 0 Å². The summed E-state index contributed by atoms with van der Waals surface area (Å²) in [5, 5.41) is 0. The molecule has 0 unspecified atom stereocenters. The first-order chi connectivity index (χ1) is 8.56. The van der Waals surface area contributed by atoms with Gasteiger partial charge in [-0.25, -0.2) is 0 Å². The summed E-state index contributed by atoms with van der Waals surface area (Å²) in [4.78, 5) is 22.6. The maximum Gasteiger partial charge on any atom is 0.305 e. The zero-order valence-electron chi connectivity index (χ0n) is 11.0. The molecule has 0 amide bonds. The minimum Gasteiger partial charge on any atom is -0.497 e. The van der Waals surface area contributed by atoms with Crippen LogP contribution in [-0.2, 0) is 20.7 Å². The van der Waals surface area contributed by atoms with Crippen LogP contribution in [0.4, 0.5) is 0 Å². The molecule has 0 aliphatic carbocycles. The highest BCUT2D eigenvalue weighted by Crippen LogP contribution is 2.17. The summed E-state index contributed by atoms with van der Waals surface area (Å²) in [5.74, 6) is 0.460. The molecule has 0 aromatic heterocycles. The topological polar surface area (TPSA) is 52.6 Å². The molecule has 18 heavy (non-hydrogen) atoms. The third kappa shape index (κ3) is 4.20. The number of esters is 1. The van der Waals surface area contributed by atoms with E-state index in [0.29, 0.717) is 6.42 Å². The normalized spacial score (nSPS) is 9.94. The average Bonchev–Trinajstić information content (AvgIpc) is 2.38. The molecule has 4 heteroatoms. The predicted octanol–water partition coefficient (Wildman–Crippen LogP) is 2.07. The quantitative estimate of drug-likeness (QED) is 0.725. The number of benzene rings is 1.